The van der Waals surface area contributed by atoms with Crippen LogP contribution in [0.2, 0.25) is 0 Å². The molecule has 8 heteroatoms. The predicted molar refractivity (Wildman–Crippen MR) is 125 cm³/mol. The van der Waals surface area contributed by atoms with Gasteiger partial charge in [0.25, 0.3) is 11.8 Å². The Morgan fingerprint density at radius 2 is 2.16 bits per heavy atom. The van der Waals surface area contributed by atoms with E-state index in [9.17, 15) is 13.6 Å². The van der Waals surface area contributed by atoms with Crippen LogP contribution in [0.15, 0.2) is 51.6 Å². The van der Waals surface area contributed by atoms with Crippen molar-refractivity contribution in [3.63, 3.8) is 0 Å². The zero-order valence-electron chi connectivity index (χ0n) is 18.6. The minimum atomic E-state index is -3.18. The molecule has 1 aromatic rings. The fourth-order valence-electron chi connectivity index (χ4n) is 3.08. The molecule has 0 aliphatic carbocycles. The van der Waals surface area contributed by atoms with Gasteiger partial charge in [-0.25, -0.2) is 0 Å². The van der Waals surface area contributed by atoms with Crippen molar-refractivity contribution in [2.75, 3.05) is 7.05 Å². The summed E-state index contributed by atoms with van der Waals surface area (Å²) in [5.41, 5.74) is 8.00. The van der Waals surface area contributed by atoms with Crippen LogP contribution in [0.3, 0.4) is 0 Å². The number of nitrogens with zero attached hydrogens (tertiary/aromatic N) is 2. The second-order valence-corrected chi connectivity index (χ2v) is 8.59. The first kappa shape index (κ1) is 24.8. The Morgan fingerprint density at radius 3 is 2.77 bits per heavy atom. The highest BCUT2D eigenvalue weighted by atomic mass is 32.2. The van der Waals surface area contributed by atoms with Crippen LogP contribution in [0.1, 0.15) is 51.3 Å². The van der Waals surface area contributed by atoms with Crippen LogP contribution in [0.25, 0.3) is 4.91 Å². The Labute approximate surface area is 187 Å². The van der Waals surface area contributed by atoms with Gasteiger partial charge >= 0.3 is 0 Å². The number of aryl methyl sites for hydroxylation is 1. The van der Waals surface area contributed by atoms with Gasteiger partial charge in [-0.2, -0.15) is 8.78 Å². The van der Waals surface area contributed by atoms with Crippen LogP contribution < -0.4 is 11.1 Å². The summed E-state index contributed by atoms with van der Waals surface area (Å²) in [5.74, 6) is -3.72. The number of rotatable bonds is 7. The number of carbonyl (C=O) groups is 1. The van der Waals surface area contributed by atoms with Crippen molar-refractivity contribution in [3.8, 4) is 0 Å². The van der Waals surface area contributed by atoms with Crippen LogP contribution in [-0.2, 0) is 4.79 Å². The minimum Gasteiger partial charge on any atom is -0.397 e. The second kappa shape index (κ2) is 10.7. The van der Waals surface area contributed by atoms with E-state index in [1.54, 1.807) is 18.0 Å². The molecule has 0 fully saturated rings. The Morgan fingerprint density at radius 1 is 1.45 bits per heavy atom. The molecule has 2 heterocycles. The van der Waals surface area contributed by atoms with Crippen molar-refractivity contribution >= 4 is 28.3 Å². The number of allylic oxidation sites excluding steroid dienone is 3. The maximum absolute atomic E-state index is 13.8. The van der Waals surface area contributed by atoms with E-state index in [1.807, 2.05) is 26.0 Å². The Bertz CT molecular complexity index is 951. The minimum absolute atomic E-state index is 0.131. The molecular weight excluding hydrogens is 418 g/mol. The summed E-state index contributed by atoms with van der Waals surface area (Å²) in [7, 11) is 1.38. The summed E-state index contributed by atoms with van der Waals surface area (Å²) in [6.45, 7) is 7.27. The van der Waals surface area contributed by atoms with Gasteiger partial charge in [-0.1, -0.05) is 30.3 Å². The van der Waals surface area contributed by atoms with Crippen LogP contribution >= 0.6 is 11.8 Å². The first-order chi connectivity index (χ1) is 14.6. The number of carbonyl (C=O) groups excluding carboxylic acids is 1. The first-order valence-electron chi connectivity index (χ1n) is 10.2. The molecule has 31 heavy (non-hydrogen) atoms. The first-order valence-corrected chi connectivity index (χ1v) is 11.0. The zero-order chi connectivity index (χ0) is 23.2. The maximum Gasteiger partial charge on any atom is 0.286 e. The number of thioether (sulfide) groups is 1. The zero-order valence-corrected chi connectivity index (χ0v) is 19.4. The Kier molecular flexibility index (Phi) is 8.56. The number of hydrogen-bond acceptors (Lipinski definition) is 5. The van der Waals surface area contributed by atoms with E-state index >= 15 is 0 Å². The predicted octanol–water partition coefficient (Wildman–Crippen LogP) is 5.00. The Hall–Kier alpha value is -2.48. The summed E-state index contributed by atoms with van der Waals surface area (Å²) in [5, 5.41) is 2.86. The maximum atomic E-state index is 13.8. The number of amides is 1. The fraction of sp³-hybridized carbons (Fsp3) is 0.435. The largest absolute Gasteiger partial charge is 0.397 e. The second-order valence-electron chi connectivity index (χ2n) is 7.50. The van der Waals surface area contributed by atoms with E-state index in [0.29, 0.717) is 0 Å². The smallest absolute Gasteiger partial charge is 0.286 e. The lowest BCUT2D eigenvalue weighted by Crippen LogP contribution is -2.38. The molecule has 1 unspecified atom stereocenters. The quantitative estimate of drug-likeness (QED) is 0.576. The summed E-state index contributed by atoms with van der Waals surface area (Å²) in [6, 6.07) is 3.70. The lowest BCUT2D eigenvalue weighted by molar-refractivity contribution is -0.115. The van der Waals surface area contributed by atoms with E-state index in [2.05, 4.69) is 28.3 Å². The lowest BCUT2D eigenvalue weighted by Gasteiger charge is -2.19. The van der Waals surface area contributed by atoms with E-state index in [1.165, 1.54) is 19.5 Å². The summed E-state index contributed by atoms with van der Waals surface area (Å²) < 4.78 is 27.5. The SMILES string of the molecule is CCC(F)(F)/C(N)=C/C(=NC)C(=O)NC(C)C1=CCCC(C)=C(c2ccnc(C)c2)S1. The van der Waals surface area contributed by atoms with Gasteiger partial charge in [-0.05, 0) is 57.4 Å². The molecule has 0 bridgehead atoms. The summed E-state index contributed by atoms with van der Waals surface area (Å²) in [6.07, 6.45) is 6.18. The van der Waals surface area contributed by atoms with E-state index in [0.717, 1.165) is 40.0 Å². The van der Waals surface area contributed by atoms with Crippen LogP contribution in [0.4, 0.5) is 8.78 Å². The highest BCUT2D eigenvalue weighted by molar-refractivity contribution is 8.11. The van der Waals surface area contributed by atoms with Gasteiger partial charge in [0.1, 0.15) is 5.71 Å². The number of alkyl halides is 2. The van der Waals surface area contributed by atoms with Gasteiger partial charge in [0.2, 0.25) is 0 Å². The molecule has 2 rings (SSSR count). The molecule has 168 valence electrons. The van der Waals surface area contributed by atoms with Crippen molar-refractivity contribution in [2.45, 2.75) is 58.9 Å². The number of aromatic nitrogens is 1. The molecule has 1 aliphatic rings. The van der Waals surface area contributed by atoms with Gasteiger partial charge in [0.15, 0.2) is 0 Å². The Balaban J connectivity index is 2.19. The third kappa shape index (κ3) is 6.50. The highest BCUT2D eigenvalue weighted by Crippen LogP contribution is 2.41. The van der Waals surface area contributed by atoms with Gasteiger partial charge in [0.05, 0.1) is 11.7 Å². The van der Waals surface area contributed by atoms with Crippen molar-refractivity contribution < 1.29 is 13.6 Å². The normalized spacial score (nSPS) is 17.2. The molecule has 5 nitrogen and oxygen atoms in total. The van der Waals surface area contributed by atoms with Crippen molar-refractivity contribution in [3.05, 3.63) is 57.9 Å². The molecule has 1 amide bonds. The van der Waals surface area contributed by atoms with Crippen molar-refractivity contribution in [1.82, 2.24) is 10.3 Å². The van der Waals surface area contributed by atoms with Crippen molar-refractivity contribution in [2.24, 2.45) is 10.7 Å². The molecule has 0 aromatic carbocycles. The third-order valence-corrected chi connectivity index (χ3v) is 6.58. The average Bonchev–Trinajstić information content (AvgIpc) is 2.93. The van der Waals surface area contributed by atoms with Crippen LogP contribution in [0, 0.1) is 6.92 Å². The van der Waals surface area contributed by atoms with E-state index in [4.69, 9.17) is 5.73 Å². The number of pyridine rings is 1. The molecule has 0 saturated heterocycles. The fourth-order valence-corrected chi connectivity index (χ4v) is 4.27. The molecule has 3 N–H and O–H groups in total. The van der Waals surface area contributed by atoms with E-state index in [-0.39, 0.29) is 11.8 Å². The van der Waals surface area contributed by atoms with Gasteiger partial charge < -0.3 is 11.1 Å². The highest BCUT2D eigenvalue weighted by Gasteiger charge is 2.31. The number of aliphatic imine (C=N–C) groups is 1. The molecule has 1 aromatic heterocycles. The van der Waals surface area contributed by atoms with Crippen LogP contribution in [-0.4, -0.2) is 35.6 Å². The summed E-state index contributed by atoms with van der Waals surface area (Å²) >= 11 is 1.61. The van der Waals surface area contributed by atoms with Gasteiger partial charge in [0, 0.05) is 35.2 Å². The monoisotopic (exact) mass is 448 g/mol. The molecular formula is C23H30F2N4OS. The van der Waals surface area contributed by atoms with Crippen molar-refractivity contribution in [1.29, 1.82) is 0 Å². The third-order valence-electron chi connectivity index (χ3n) is 5.04. The van der Waals surface area contributed by atoms with E-state index < -0.39 is 23.9 Å². The summed E-state index contributed by atoms with van der Waals surface area (Å²) in [4.78, 5) is 22.9. The number of nitrogens with two attached hydrogens (primary N) is 1. The molecule has 0 spiro atoms. The molecule has 1 atom stereocenters. The molecule has 1 aliphatic heterocycles. The van der Waals surface area contributed by atoms with Crippen LogP contribution in [0.5, 0.6) is 0 Å². The van der Waals surface area contributed by atoms with Gasteiger partial charge in [-0.15, -0.1) is 0 Å². The number of halogens is 2. The number of nitrogens with one attached hydrogen (secondary N) is 1. The lowest BCUT2D eigenvalue weighted by atomic mass is 10.1. The molecule has 0 saturated carbocycles. The number of hydrogen-bond donors (Lipinski definition) is 2. The standard InChI is InChI=1S/C23H30F2N4OS/c1-6-23(24,25)20(26)13-18(27-5)22(30)29-16(4)19-9-7-8-14(2)21(31-19)17-10-11-28-15(3)12-17/h9-13,16H,6-8,26H2,1-5H3,(H,29,30)/b20-13-,27-18?. The topological polar surface area (TPSA) is 80.4 Å². The average molecular weight is 449 g/mol. The van der Waals surface area contributed by atoms with Gasteiger partial charge in [-0.3, -0.25) is 14.8 Å². The molecule has 0 radical (unpaired) electrons.